The maximum atomic E-state index is 6.07. The molecule has 2 aromatic rings. The number of aromatic nitrogens is 1. The lowest BCUT2D eigenvalue weighted by Gasteiger charge is -2.38. The molecular weight excluding hydrogens is 332 g/mol. The van der Waals surface area contributed by atoms with Gasteiger partial charge in [-0.3, -0.25) is 9.88 Å². The van der Waals surface area contributed by atoms with Gasteiger partial charge in [-0.15, -0.1) is 11.3 Å². The van der Waals surface area contributed by atoms with Gasteiger partial charge in [0.25, 0.3) is 0 Å². The van der Waals surface area contributed by atoms with Crippen LogP contribution < -0.4 is 0 Å². The Hall–Kier alpha value is -1.27. The first-order valence-corrected chi connectivity index (χ1v) is 10.0. The van der Waals surface area contributed by atoms with E-state index in [1.54, 1.807) is 0 Å². The van der Waals surface area contributed by atoms with Crippen molar-refractivity contribution in [2.45, 2.75) is 38.5 Å². The average Bonchev–Trinajstić information content (AvgIpc) is 3.29. The van der Waals surface area contributed by atoms with E-state index in [-0.39, 0.29) is 6.10 Å². The summed E-state index contributed by atoms with van der Waals surface area (Å²) in [6.45, 7) is 5.72. The predicted octanol–water partition coefficient (Wildman–Crippen LogP) is 3.73. The molecule has 0 amide bonds. The van der Waals surface area contributed by atoms with Crippen LogP contribution in [0.2, 0.25) is 0 Å². The number of hydrogen-bond acceptors (Lipinski definition) is 5. The van der Waals surface area contributed by atoms with Crippen LogP contribution in [0, 0.1) is 5.41 Å². The third-order valence-electron chi connectivity index (χ3n) is 5.48. The van der Waals surface area contributed by atoms with Crippen LogP contribution >= 0.6 is 11.3 Å². The largest absolute Gasteiger partial charge is 0.375 e. The van der Waals surface area contributed by atoms with E-state index in [9.17, 15) is 0 Å². The van der Waals surface area contributed by atoms with Gasteiger partial charge in [0.15, 0.2) is 0 Å². The van der Waals surface area contributed by atoms with Crippen molar-refractivity contribution in [1.29, 1.82) is 0 Å². The van der Waals surface area contributed by atoms with Crippen molar-refractivity contribution in [2.75, 3.05) is 26.3 Å². The molecule has 0 saturated carbocycles. The van der Waals surface area contributed by atoms with Gasteiger partial charge in [0.2, 0.25) is 0 Å². The second-order valence-corrected chi connectivity index (χ2v) is 8.40. The lowest BCUT2D eigenvalue weighted by atomic mass is 9.76. The summed E-state index contributed by atoms with van der Waals surface area (Å²) in [5, 5.41) is 2.17. The fraction of sp³-hybridized carbons (Fsp3) is 0.550. The van der Waals surface area contributed by atoms with Crippen LogP contribution in [0.4, 0.5) is 0 Å². The Labute approximate surface area is 153 Å². The number of ether oxygens (including phenoxy) is 2. The van der Waals surface area contributed by atoms with Crippen LogP contribution in [0.1, 0.15) is 29.7 Å². The molecule has 0 N–H and O–H groups in total. The van der Waals surface area contributed by atoms with Crippen LogP contribution in [0.15, 0.2) is 42.0 Å². The number of rotatable bonds is 6. The van der Waals surface area contributed by atoms with Crippen molar-refractivity contribution >= 4 is 11.3 Å². The fourth-order valence-electron chi connectivity index (χ4n) is 3.95. The highest BCUT2D eigenvalue weighted by Gasteiger charge is 2.42. The average molecular weight is 359 g/mol. The van der Waals surface area contributed by atoms with Gasteiger partial charge in [-0.05, 0) is 66.9 Å². The smallest absolute Gasteiger partial charge is 0.0815 e. The number of piperidine rings is 1. The van der Waals surface area contributed by atoms with Gasteiger partial charge in [0, 0.05) is 23.8 Å². The molecule has 2 saturated heterocycles. The van der Waals surface area contributed by atoms with E-state index in [0.717, 1.165) is 19.6 Å². The Morgan fingerprint density at radius 2 is 2.08 bits per heavy atom. The third kappa shape index (κ3) is 4.47. The molecule has 2 fully saturated rings. The van der Waals surface area contributed by atoms with Crippen molar-refractivity contribution < 1.29 is 9.47 Å². The fourth-order valence-corrected chi connectivity index (χ4v) is 4.69. The standard InChI is InChI=1S/C20H26N2O2S/c1-2-19(25-11-1)13-22-9-5-20(6-10-22)12-18(24-16-20)15-23-14-17-3-7-21-8-4-17/h1-4,7-8,11,18H,5-6,9-10,12-16H2/t18-/m1/s1. The van der Waals surface area contributed by atoms with E-state index in [4.69, 9.17) is 9.47 Å². The molecule has 0 radical (unpaired) electrons. The highest BCUT2D eigenvalue weighted by Crippen LogP contribution is 2.42. The summed E-state index contributed by atoms with van der Waals surface area (Å²) in [7, 11) is 0. The minimum Gasteiger partial charge on any atom is -0.375 e. The molecule has 2 aromatic heterocycles. The Morgan fingerprint density at radius 3 is 2.84 bits per heavy atom. The van der Waals surface area contributed by atoms with Gasteiger partial charge in [-0.2, -0.15) is 0 Å². The first-order valence-electron chi connectivity index (χ1n) is 9.14. The number of hydrogen-bond donors (Lipinski definition) is 0. The molecular formula is C20H26N2O2S. The van der Waals surface area contributed by atoms with Crippen molar-refractivity contribution in [1.82, 2.24) is 9.88 Å². The highest BCUT2D eigenvalue weighted by molar-refractivity contribution is 7.09. The molecule has 2 aliphatic rings. The Balaban J connectivity index is 1.20. The van der Waals surface area contributed by atoms with Crippen LogP contribution in [0.5, 0.6) is 0 Å². The molecule has 134 valence electrons. The van der Waals surface area contributed by atoms with Gasteiger partial charge < -0.3 is 9.47 Å². The van der Waals surface area contributed by atoms with E-state index in [1.807, 2.05) is 35.9 Å². The molecule has 4 nitrogen and oxygen atoms in total. The van der Waals surface area contributed by atoms with E-state index >= 15 is 0 Å². The Bertz CT molecular complexity index is 639. The minimum absolute atomic E-state index is 0.255. The van der Waals surface area contributed by atoms with Crippen molar-refractivity contribution in [3.63, 3.8) is 0 Å². The zero-order chi connectivity index (χ0) is 17.0. The van der Waals surface area contributed by atoms with Crippen LogP contribution in [0.25, 0.3) is 0 Å². The van der Waals surface area contributed by atoms with Gasteiger partial charge in [0.1, 0.15) is 0 Å². The predicted molar refractivity (Wildman–Crippen MR) is 99.5 cm³/mol. The van der Waals surface area contributed by atoms with Gasteiger partial charge >= 0.3 is 0 Å². The summed E-state index contributed by atoms with van der Waals surface area (Å²) < 4.78 is 11.9. The molecule has 1 atom stereocenters. The maximum Gasteiger partial charge on any atom is 0.0815 e. The number of nitrogens with zero attached hydrogens (tertiary/aromatic N) is 2. The van der Waals surface area contributed by atoms with Crippen LogP contribution in [0.3, 0.4) is 0 Å². The van der Waals surface area contributed by atoms with Crippen molar-refractivity contribution in [3.8, 4) is 0 Å². The molecule has 0 unspecified atom stereocenters. The molecule has 4 heterocycles. The normalized spacial score (nSPS) is 23.3. The monoisotopic (exact) mass is 358 g/mol. The number of likely N-dealkylation sites (tertiary alicyclic amines) is 1. The first kappa shape index (κ1) is 17.2. The van der Waals surface area contributed by atoms with Crippen LogP contribution in [-0.2, 0) is 22.6 Å². The van der Waals surface area contributed by atoms with E-state index in [0.29, 0.717) is 18.6 Å². The minimum atomic E-state index is 0.255. The topological polar surface area (TPSA) is 34.6 Å². The second kappa shape index (κ2) is 7.96. The molecule has 0 bridgehead atoms. The first-order chi connectivity index (χ1) is 12.3. The second-order valence-electron chi connectivity index (χ2n) is 7.36. The zero-order valence-electron chi connectivity index (χ0n) is 14.6. The van der Waals surface area contributed by atoms with E-state index in [1.165, 1.54) is 36.4 Å². The van der Waals surface area contributed by atoms with E-state index in [2.05, 4.69) is 27.4 Å². The lowest BCUT2D eigenvalue weighted by molar-refractivity contribution is 0.00635. The van der Waals surface area contributed by atoms with Crippen molar-refractivity contribution in [3.05, 3.63) is 52.5 Å². The van der Waals surface area contributed by atoms with Gasteiger partial charge in [-0.25, -0.2) is 0 Å². The summed E-state index contributed by atoms with van der Waals surface area (Å²) in [5.41, 5.74) is 1.56. The molecule has 5 heteroatoms. The van der Waals surface area contributed by atoms with Gasteiger partial charge in [-0.1, -0.05) is 6.07 Å². The SMILES string of the molecule is c1csc(CN2CCC3(CC2)CO[C@@H](COCc2ccncc2)C3)c1. The molecule has 25 heavy (non-hydrogen) atoms. The molecule has 0 aromatic carbocycles. The quantitative estimate of drug-likeness (QED) is 0.788. The Kier molecular flexibility index (Phi) is 5.46. The molecule has 2 aliphatic heterocycles. The summed E-state index contributed by atoms with van der Waals surface area (Å²) in [5.74, 6) is 0. The lowest BCUT2D eigenvalue weighted by Crippen LogP contribution is -2.40. The maximum absolute atomic E-state index is 6.07. The number of pyridine rings is 1. The summed E-state index contributed by atoms with van der Waals surface area (Å²) in [6.07, 6.45) is 7.52. The molecule has 4 rings (SSSR count). The Morgan fingerprint density at radius 1 is 1.24 bits per heavy atom. The number of thiophene rings is 1. The third-order valence-corrected chi connectivity index (χ3v) is 6.35. The summed E-state index contributed by atoms with van der Waals surface area (Å²) >= 11 is 1.86. The zero-order valence-corrected chi connectivity index (χ0v) is 15.4. The van der Waals surface area contributed by atoms with Crippen molar-refractivity contribution in [2.24, 2.45) is 5.41 Å². The van der Waals surface area contributed by atoms with E-state index < -0.39 is 0 Å². The summed E-state index contributed by atoms with van der Waals surface area (Å²) in [6, 6.07) is 8.39. The van der Waals surface area contributed by atoms with Gasteiger partial charge in [0.05, 0.1) is 25.9 Å². The molecule has 0 aliphatic carbocycles. The highest BCUT2D eigenvalue weighted by atomic mass is 32.1. The summed E-state index contributed by atoms with van der Waals surface area (Å²) in [4.78, 5) is 8.09. The van der Waals surface area contributed by atoms with Crippen LogP contribution in [-0.4, -0.2) is 42.3 Å². The molecule has 1 spiro atoms.